The predicted octanol–water partition coefficient (Wildman–Crippen LogP) is 4.41. The summed E-state index contributed by atoms with van der Waals surface area (Å²) < 4.78 is 0.984. The molecule has 0 saturated heterocycles. The van der Waals surface area contributed by atoms with Crippen LogP contribution in [0.1, 0.15) is 11.1 Å². The fourth-order valence-corrected chi connectivity index (χ4v) is 2.02. The highest BCUT2D eigenvalue weighted by Gasteiger charge is 2.03. The van der Waals surface area contributed by atoms with Crippen molar-refractivity contribution in [1.82, 2.24) is 0 Å². The Kier molecular flexibility index (Phi) is 4.53. The molecule has 0 spiro atoms. The molecule has 0 aromatic heterocycles. The van der Waals surface area contributed by atoms with Gasteiger partial charge in [0, 0.05) is 16.2 Å². The van der Waals surface area contributed by atoms with Gasteiger partial charge in [0.25, 0.3) is 0 Å². The van der Waals surface area contributed by atoms with Crippen molar-refractivity contribution in [1.29, 1.82) is 0 Å². The molecule has 1 amide bonds. The molecule has 0 unspecified atom stereocenters. The van der Waals surface area contributed by atoms with Crippen molar-refractivity contribution in [3.8, 4) is 0 Å². The smallest absolute Gasteiger partial charge is 0.248 e. The fourth-order valence-electron chi connectivity index (χ4n) is 1.65. The number of rotatable bonds is 3. The topological polar surface area (TPSA) is 29.1 Å². The lowest BCUT2D eigenvalue weighted by atomic mass is 10.2. The van der Waals surface area contributed by atoms with Crippen molar-refractivity contribution in [3.63, 3.8) is 0 Å². The van der Waals surface area contributed by atoms with E-state index in [4.69, 9.17) is 0 Å². The molecule has 0 heterocycles. The van der Waals surface area contributed by atoms with E-state index in [1.807, 2.05) is 55.5 Å². The van der Waals surface area contributed by atoms with Gasteiger partial charge in [-0.3, -0.25) is 4.79 Å². The summed E-state index contributed by atoms with van der Waals surface area (Å²) in [4.78, 5) is 11.8. The lowest BCUT2D eigenvalue weighted by Gasteiger charge is -2.07. The van der Waals surface area contributed by atoms with Gasteiger partial charge in [0.2, 0.25) is 5.91 Å². The highest BCUT2D eigenvalue weighted by Crippen LogP contribution is 2.23. The minimum atomic E-state index is -0.134. The maximum absolute atomic E-state index is 11.8. The molecule has 19 heavy (non-hydrogen) atoms. The molecule has 3 heteroatoms. The third kappa shape index (κ3) is 3.80. The summed E-state index contributed by atoms with van der Waals surface area (Å²) >= 11 is 3.44. The number of nitrogens with one attached hydrogen (secondary N) is 1. The summed E-state index contributed by atoms with van der Waals surface area (Å²) in [6, 6.07) is 15.5. The predicted molar refractivity (Wildman–Crippen MR) is 83.0 cm³/mol. The van der Waals surface area contributed by atoms with Gasteiger partial charge in [0.05, 0.1) is 0 Å². The molecule has 1 N–H and O–H groups in total. The zero-order valence-electron chi connectivity index (χ0n) is 10.6. The average molecular weight is 316 g/mol. The van der Waals surface area contributed by atoms with Gasteiger partial charge in [0.15, 0.2) is 0 Å². The van der Waals surface area contributed by atoms with Gasteiger partial charge >= 0.3 is 0 Å². The Labute approximate surface area is 121 Å². The molecule has 2 aromatic carbocycles. The van der Waals surface area contributed by atoms with E-state index in [-0.39, 0.29) is 5.91 Å². The first-order valence-electron chi connectivity index (χ1n) is 5.96. The third-order valence-electron chi connectivity index (χ3n) is 2.75. The van der Waals surface area contributed by atoms with Gasteiger partial charge in [-0.05, 0) is 36.3 Å². The second-order valence-corrected chi connectivity index (χ2v) is 5.00. The number of benzene rings is 2. The normalized spacial score (nSPS) is 10.6. The Hall–Kier alpha value is -1.87. The number of anilines is 1. The zero-order chi connectivity index (χ0) is 13.7. The Bertz CT molecular complexity index is 605. The van der Waals surface area contributed by atoms with Crippen LogP contribution in [0.5, 0.6) is 0 Å². The van der Waals surface area contributed by atoms with Crippen molar-refractivity contribution in [3.05, 3.63) is 70.2 Å². The largest absolute Gasteiger partial charge is 0.322 e. The molecular weight excluding hydrogens is 302 g/mol. The number of hydrogen-bond acceptors (Lipinski definition) is 1. The molecule has 0 saturated carbocycles. The Morgan fingerprint density at radius 1 is 1.11 bits per heavy atom. The van der Waals surface area contributed by atoms with Crippen LogP contribution < -0.4 is 5.32 Å². The molecule has 0 fully saturated rings. The molecule has 0 aliphatic carbocycles. The van der Waals surface area contributed by atoms with E-state index >= 15 is 0 Å². The van der Waals surface area contributed by atoms with Crippen LogP contribution in [0, 0.1) is 6.92 Å². The van der Waals surface area contributed by atoms with Crippen LogP contribution in [0.25, 0.3) is 6.08 Å². The Morgan fingerprint density at radius 2 is 1.84 bits per heavy atom. The van der Waals surface area contributed by atoms with Crippen molar-refractivity contribution >= 4 is 33.6 Å². The lowest BCUT2D eigenvalue weighted by molar-refractivity contribution is -0.111. The summed E-state index contributed by atoms with van der Waals surface area (Å²) in [5.41, 5.74) is 2.84. The van der Waals surface area contributed by atoms with Gasteiger partial charge in [0.1, 0.15) is 0 Å². The summed E-state index contributed by atoms with van der Waals surface area (Å²) in [6.07, 6.45) is 3.33. The molecule has 0 aliphatic heterocycles. The summed E-state index contributed by atoms with van der Waals surface area (Å²) in [5.74, 6) is -0.134. The van der Waals surface area contributed by atoms with E-state index in [1.54, 1.807) is 6.08 Å². The molecule has 0 radical (unpaired) electrons. The minimum absolute atomic E-state index is 0.134. The van der Waals surface area contributed by atoms with Crippen LogP contribution in [0.3, 0.4) is 0 Å². The highest BCUT2D eigenvalue weighted by atomic mass is 79.9. The number of carbonyl (C=O) groups excluding carboxylic acids is 1. The number of hydrogen-bond donors (Lipinski definition) is 1. The van der Waals surface area contributed by atoms with Crippen LogP contribution in [-0.2, 0) is 4.79 Å². The van der Waals surface area contributed by atoms with Gasteiger partial charge in [-0.25, -0.2) is 0 Å². The third-order valence-corrected chi connectivity index (χ3v) is 3.61. The number of halogens is 1. The Balaban J connectivity index is 2.06. The zero-order valence-corrected chi connectivity index (χ0v) is 12.1. The second kappa shape index (κ2) is 6.34. The van der Waals surface area contributed by atoms with Crippen LogP contribution >= 0.6 is 15.9 Å². The average Bonchev–Trinajstić information content (AvgIpc) is 2.43. The lowest BCUT2D eigenvalue weighted by Crippen LogP contribution is -2.08. The molecule has 0 aliphatic rings. The van der Waals surface area contributed by atoms with Gasteiger partial charge in [-0.1, -0.05) is 52.3 Å². The molecule has 2 rings (SSSR count). The van der Waals surface area contributed by atoms with Crippen LogP contribution in [0.15, 0.2) is 59.1 Å². The van der Waals surface area contributed by atoms with Crippen molar-refractivity contribution in [2.24, 2.45) is 0 Å². The highest BCUT2D eigenvalue weighted by molar-refractivity contribution is 9.10. The first-order chi connectivity index (χ1) is 9.16. The van der Waals surface area contributed by atoms with Crippen molar-refractivity contribution in [2.45, 2.75) is 6.92 Å². The number of amides is 1. The van der Waals surface area contributed by atoms with Crippen molar-refractivity contribution in [2.75, 3.05) is 5.32 Å². The molecule has 0 bridgehead atoms. The fraction of sp³-hybridized carbons (Fsp3) is 0.0625. The standard InChI is InChI=1S/C16H14BrNO/c1-12-14(17)8-5-9-15(12)18-16(19)11-10-13-6-3-2-4-7-13/h2-11H,1H3,(H,18,19)/b11-10+. The monoisotopic (exact) mass is 315 g/mol. The summed E-state index contributed by atoms with van der Waals surface area (Å²) in [6.45, 7) is 1.96. The summed E-state index contributed by atoms with van der Waals surface area (Å²) in [7, 11) is 0. The Morgan fingerprint density at radius 3 is 2.58 bits per heavy atom. The molecule has 0 atom stereocenters. The van der Waals surface area contributed by atoms with Crippen LogP contribution in [-0.4, -0.2) is 5.91 Å². The molecule has 2 nitrogen and oxygen atoms in total. The first-order valence-corrected chi connectivity index (χ1v) is 6.75. The van der Waals surface area contributed by atoms with Crippen LogP contribution in [0.2, 0.25) is 0 Å². The number of carbonyl (C=O) groups is 1. The summed E-state index contributed by atoms with van der Waals surface area (Å²) in [5, 5.41) is 2.87. The van der Waals surface area contributed by atoms with Crippen molar-refractivity contribution < 1.29 is 4.79 Å². The minimum Gasteiger partial charge on any atom is -0.322 e. The maximum atomic E-state index is 11.8. The van der Waals surface area contributed by atoms with Crippen LogP contribution in [0.4, 0.5) is 5.69 Å². The molecule has 2 aromatic rings. The van der Waals surface area contributed by atoms with Gasteiger partial charge in [-0.15, -0.1) is 0 Å². The van der Waals surface area contributed by atoms with E-state index in [9.17, 15) is 4.79 Å². The van der Waals surface area contributed by atoms with E-state index in [0.29, 0.717) is 0 Å². The van der Waals surface area contributed by atoms with E-state index < -0.39 is 0 Å². The maximum Gasteiger partial charge on any atom is 0.248 e. The van der Waals surface area contributed by atoms with E-state index in [1.165, 1.54) is 6.08 Å². The quantitative estimate of drug-likeness (QED) is 0.835. The first kappa shape index (κ1) is 13.6. The molecule has 96 valence electrons. The second-order valence-electron chi connectivity index (χ2n) is 4.15. The van der Waals surface area contributed by atoms with E-state index in [0.717, 1.165) is 21.3 Å². The SMILES string of the molecule is Cc1c(Br)cccc1NC(=O)/C=C/c1ccccc1. The van der Waals surface area contributed by atoms with Gasteiger partial charge < -0.3 is 5.32 Å². The molecular formula is C16H14BrNO. The van der Waals surface area contributed by atoms with E-state index in [2.05, 4.69) is 21.2 Å². The van der Waals surface area contributed by atoms with Gasteiger partial charge in [-0.2, -0.15) is 0 Å².